The predicted octanol–water partition coefficient (Wildman–Crippen LogP) is 4.14. The molecule has 1 fully saturated rings. The van der Waals surface area contributed by atoms with Gasteiger partial charge in [0, 0.05) is 43.3 Å². The lowest BCUT2D eigenvalue weighted by molar-refractivity contribution is 0.0201. The topological polar surface area (TPSA) is 48.6 Å². The highest BCUT2D eigenvalue weighted by atomic mass is 19.1. The van der Waals surface area contributed by atoms with Crippen molar-refractivity contribution >= 4 is 22.7 Å². The van der Waals surface area contributed by atoms with Gasteiger partial charge in [-0.15, -0.1) is 0 Å². The van der Waals surface area contributed by atoms with Gasteiger partial charge in [-0.3, -0.25) is 0 Å². The number of ether oxygens (including phenoxy) is 1. The highest BCUT2D eigenvalue weighted by Gasteiger charge is 2.29. The van der Waals surface area contributed by atoms with Crippen molar-refractivity contribution < 1.29 is 13.9 Å². The van der Waals surface area contributed by atoms with Crippen molar-refractivity contribution in [2.45, 2.75) is 45.3 Å². The summed E-state index contributed by atoms with van der Waals surface area (Å²) in [4.78, 5) is 19.1. The standard InChI is InChI=1S/C19H26FN3O2/c1-19(2,3)25-18(24)22(4)13-8-11-23(12-9-13)17-14-7-10-21-16(14)6-5-15(17)20/h5-7,10,13,21H,8-9,11-12H2,1-4H3. The van der Waals surface area contributed by atoms with Crippen molar-refractivity contribution in [3.8, 4) is 0 Å². The molecule has 0 atom stereocenters. The Kier molecular flexibility index (Phi) is 4.62. The number of fused-ring (bicyclic) bond motifs is 1. The van der Waals surface area contributed by atoms with Crippen LogP contribution < -0.4 is 4.90 Å². The van der Waals surface area contributed by atoms with Gasteiger partial charge in [-0.2, -0.15) is 0 Å². The average Bonchev–Trinajstić information content (AvgIpc) is 3.01. The van der Waals surface area contributed by atoms with Crippen LogP contribution in [0.25, 0.3) is 10.9 Å². The SMILES string of the molecule is CN(C(=O)OC(C)(C)C)C1CCN(c2c(F)ccc3[nH]ccc23)CC1. The molecule has 3 rings (SSSR count). The highest BCUT2D eigenvalue weighted by molar-refractivity contribution is 5.92. The first-order valence-electron chi connectivity index (χ1n) is 8.72. The first-order chi connectivity index (χ1) is 11.8. The van der Waals surface area contributed by atoms with E-state index in [4.69, 9.17) is 4.74 Å². The number of nitrogens with zero attached hydrogens (tertiary/aromatic N) is 2. The molecule has 0 bridgehead atoms. The Labute approximate surface area is 147 Å². The molecule has 0 aliphatic carbocycles. The number of amides is 1. The Morgan fingerprint density at radius 2 is 1.96 bits per heavy atom. The summed E-state index contributed by atoms with van der Waals surface area (Å²) >= 11 is 0. The molecular weight excluding hydrogens is 321 g/mol. The van der Waals surface area contributed by atoms with Crippen molar-refractivity contribution in [3.05, 3.63) is 30.2 Å². The zero-order valence-electron chi connectivity index (χ0n) is 15.3. The summed E-state index contributed by atoms with van der Waals surface area (Å²) in [5, 5.41) is 0.902. The predicted molar refractivity (Wildman–Crippen MR) is 97.5 cm³/mol. The summed E-state index contributed by atoms with van der Waals surface area (Å²) in [5.74, 6) is -0.203. The molecule has 1 aliphatic rings. The van der Waals surface area contributed by atoms with E-state index in [9.17, 15) is 9.18 Å². The number of benzene rings is 1. The first kappa shape index (κ1) is 17.6. The third-order valence-electron chi connectivity index (χ3n) is 4.67. The minimum absolute atomic E-state index is 0.111. The summed E-state index contributed by atoms with van der Waals surface area (Å²) in [5.41, 5.74) is 1.08. The van der Waals surface area contributed by atoms with Gasteiger partial charge in [-0.1, -0.05) is 0 Å². The van der Waals surface area contributed by atoms with Crippen LogP contribution in [0.3, 0.4) is 0 Å². The second-order valence-electron chi connectivity index (χ2n) is 7.64. The molecule has 6 heteroatoms. The maximum absolute atomic E-state index is 14.4. The molecule has 0 radical (unpaired) electrons. The van der Waals surface area contributed by atoms with E-state index < -0.39 is 5.60 Å². The smallest absolute Gasteiger partial charge is 0.410 e. The van der Waals surface area contributed by atoms with Gasteiger partial charge in [0.25, 0.3) is 0 Å². The largest absolute Gasteiger partial charge is 0.444 e. The van der Waals surface area contributed by atoms with Crippen LogP contribution in [0.2, 0.25) is 0 Å². The van der Waals surface area contributed by atoms with Crippen LogP contribution in [0.15, 0.2) is 24.4 Å². The maximum Gasteiger partial charge on any atom is 0.410 e. The Bertz CT molecular complexity index is 758. The zero-order valence-corrected chi connectivity index (χ0v) is 15.3. The Hall–Kier alpha value is -2.24. The number of piperidine rings is 1. The number of rotatable bonds is 2. The molecular formula is C19H26FN3O2. The monoisotopic (exact) mass is 347 g/mol. The van der Waals surface area contributed by atoms with Gasteiger partial charge in [0.15, 0.2) is 0 Å². The molecule has 136 valence electrons. The fraction of sp³-hybridized carbons (Fsp3) is 0.526. The number of carbonyl (C=O) groups is 1. The van der Waals surface area contributed by atoms with Gasteiger partial charge in [-0.05, 0) is 51.8 Å². The lowest BCUT2D eigenvalue weighted by atomic mass is 10.0. The molecule has 25 heavy (non-hydrogen) atoms. The van der Waals surface area contributed by atoms with Gasteiger partial charge in [0.2, 0.25) is 0 Å². The van der Waals surface area contributed by atoms with Crippen LogP contribution >= 0.6 is 0 Å². The first-order valence-corrected chi connectivity index (χ1v) is 8.72. The third kappa shape index (κ3) is 3.72. The number of halogens is 1. The maximum atomic E-state index is 14.4. The second kappa shape index (κ2) is 6.58. The van der Waals surface area contributed by atoms with Crippen LogP contribution in [0.1, 0.15) is 33.6 Å². The van der Waals surface area contributed by atoms with E-state index in [1.807, 2.05) is 33.0 Å². The van der Waals surface area contributed by atoms with E-state index in [1.54, 1.807) is 18.0 Å². The Morgan fingerprint density at radius 1 is 1.28 bits per heavy atom. The number of carbonyl (C=O) groups excluding carboxylic acids is 1. The molecule has 5 nitrogen and oxygen atoms in total. The van der Waals surface area contributed by atoms with Crippen molar-refractivity contribution in [2.24, 2.45) is 0 Å². The number of hydrogen-bond donors (Lipinski definition) is 1. The van der Waals surface area contributed by atoms with Gasteiger partial charge >= 0.3 is 6.09 Å². The van der Waals surface area contributed by atoms with Gasteiger partial charge in [0.1, 0.15) is 11.4 Å². The lowest BCUT2D eigenvalue weighted by Crippen LogP contribution is -2.47. The molecule has 1 aromatic heterocycles. The molecule has 0 unspecified atom stereocenters. The van der Waals surface area contributed by atoms with Crippen LogP contribution in [-0.4, -0.2) is 47.8 Å². The second-order valence-corrected chi connectivity index (χ2v) is 7.64. The van der Waals surface area contributed by atoms with Crippen LogP contribution in [-0.2, 0) is 4.74 Å². The Morgan fingerprint density at radius 3 is 2.60 bits per heavy atom. The van der Waals surface area contributed by atoms with E-state index in [1.165, 1.54) is 6.07 Å². The van der Waals surface area contributed by atoms with Crippen molar-refractivity contribution in [3.63, 3.8) is 0 Å². The van der Waals surface area contributed by atoms with Crippen LogP contribution in [0.5, 0.6) is 0 Å². The zero-order chi connectivity index (χ0) is 18.2. The number of nitrogens with one attached hydrogen (secondary N) is 1. The number of hydrogen-bond acceptors (Lipinski definition) is 3. The van der Waals surface area contributed by atoms with Crippen LogP contribution in [0.4, 0.5) is 14.9 Å². The minimum Gasteiger partial charge on any atom is -0.444 e. The molecule has 1 N–H and O–H groups in total. The van der Waals surface area contributed by atoms with Crippen molar-refractivity contribution in [2.75, 3.05) is 25.0 Å². The molecule has 0 saturated carbocycles. The fourth-order valence-electron chi connectivity index (χ4n) is 3.37. The normalized spacial score (nSPS) is 16.3. The van der Waals surface area contributed by atoms with E-state index in [0.29, 0.717) is 18.8 Å². The molecule has 2 heterocycles. The molecule has 1 aromatic carbocycles. The van der Waals surface area contributed by atoms with Crippen molar-refractivity contribution in [1.29, 1.82) is 0 Å². The van der Waals surface area contributed by atoms with E-state index in [-0.39, 0.29) is 18.0 Å². The van der Waals surface area contributed by atoms with E-state index in [2.05, 4.69) is 9.88 Å². The molecule has 0 spiro atoms. The van der Waals surface area contributed by atoms with Gasteiger partial charge < -0.3 is 19.5 Å². The van der Waals surface area contributed by atoms with Crippen molar-refractivity contribution in [1.82, 2.24) is 9.88 Å². The molecule has 1 aliphatic heterocycles. The minimum atomic E-state index is -0.501. The number of aromatic amines is 1. The van der Waals surface area contributed by atoms with Gasteiger partial charge in [0.05, 0.1) is 5.69 Å². The Balaban J connectivity index is 1.68. The fourth-order valence-corrected chi connectivity index (χ4v) is 3.37. The summed E-state index contributed by atoms with van der Waals surface area (Å²) in [6.07, 6.45) is 3.10. The number of H-pyrrole nitrogens is 1. The third-order valence-corrected chi connectivity index (χ3v) is 4.67. The highest BCUT2D eigenvalue weighted by Crippen LogP contribution is 2.32. The number of aromatic nitrogens is 1. The molecule has 2 aromatic rings. The average molecular weight is 347 g/mol. The van der Waals surface area contributed by atoms with E-state index in [0.717, 1.165) is 23.7 Å². The molecule has 1 amide bonds. The van der Waals surface area contributed by atoms with Crippen LogP contribution in [0, 0.1) is 5.82 Å². The summed E-state index contributed by atoms with van der Waals surface area (Å²) < 4.78 is 19.9. The summed E-state index contributed by atoms with van der Waals surface area (Å²) in [7, 11) is 1.78. The van der Waals surface area contributed by atoms with E-state index >= 15 is 0 Å². The number of anilines is 1. The summed E-state index contributed by atoms with van der Waals surface area (Å²) in [6.45, 7) is 7.00. The lowest BCUT2D eigenvalue weighted by Gasteiger charge is -2.38. The summed E-state index contributed by atoms with van der Waals surface area (Å²) in [6, 6.07) is 5.29. The quantitative estimate of drug-likeness (QED) is 0.888. The molecule has 1 saturated heterocycles. The van der Waals surface area contributed by atoms with Gasteiger partial charge in [-0.25, -0.2) is 9.18 Å².